The smallest absolute Gasteiger partial charge is 0.0115 e. The summed E-state index contributed by atoms with van der Waals surface area (Å²) in [6, 6.07) is 0. The highest BCUT2D eigenvalue weighted by Crippen LogP contribution is 2.25. The topological polar surface area (TPSA) is 38.0 Å². The van der Waals surface area contributed by atoms with E-state index in [0.29, 0.717) is 0 Å². The first-order valence-corrected chi connectivity index (χ1v) is 2.07. The van der Waals surface area contributed by atoms with Crippen LogP contribution in [0.5, 0.6) is 0 Å². The average molecular weight is 121 g/mol. The number of rotatable bonds is 1. The third-order valence-electron chi connectivity index (χ3n) is 0.826. The standard InChI is InChI=1S/C4H8N2.ClH/c5-6-3-4-1-2-4;/h3,6H,1-2,5H2;1H. The minimum atomic E-state index is 0. The summed E-state index contributed by atoms with van der Waals surface area (Å²) in [6.07, 6.45) is 4.33. The van der Waals surface area contributed by atoms with Crippen molar-refractivity contribution < 1.29 is 0 Å². The molecular formula is C4H9ClN2. The van der Waals surface area contributed by atoms with Crippen LogP contribution in [-0.4, -0.2) is 0 Å². The Morgan fingerprint density at radius 1 is 1.57 bits per heavy atom. The zero-order valence-electron chi connectivity index (χ0n) is 3.98. The number of nitrogens with two attached hydrogens (primary N) is 1. The van der Waals surface area contributed by atoms with E-state index in [4.69, 9.17) is 5.84 Å². The molecule has 1 saturated carbocycles. The first-order chi connectivity index (χ1) is 2.93. The van der Waals surface area contributed by atoms with Crippen LogP contribution in [0, 0.1) is 0 Å². The van der Waals surface area contributed by atoms with Gasteiger partial charge in [-0.1, -0.05) is 5.57 Å². The summed E-state index contributed by atoms with van der Waals surface area (Å²) < 4.78 is 0. The lowest BCUT2D eigenvalue weighted by atomic mass is 10.7. The molecule has 42 valence electrons. The largest absolute Gasteiger partial charge is 0.331 e. The number of hydrogen-bond acceptors (Lipinski definition) is 2. The van der Waals surface area contributed by atoms with E-state index >= 15 is 0 Å². The lowest BCUT2D eigenvalue weighted by Gasteiger charge is -1.77. The van der Waals surface area contributed by atoms with Crippen molar-refractivity contribution in [2.75, 3.05) is 0 Å². The molecule has 0 radical (unpaired) electrons. The predicted octanol–water partition coefficient (Wildman–Crippen LogP) is 0.549. The normalized spacial score (nSPS) is 14.7. The van der Waals surface area contributed by atoms with Gasteiger partial charge in [0.05, 0.1) is 0 Å². The van der Waals surface area contributed by atoms with E-state index in [2.05, 4.69) is 5.43 Å². The Hall–Kier alpha value is -0.210. The Kier molecular flexibility index (Phi) is 2.79. The minimum Gasteiger partial charge on any atom is -0.331 e. The summed E-state index contributed by atoms with van der Waals surface area (Å²) in [7, 11) is 0. The van der Waals surface area contributed by atoms with Crippen LogP contribution < -0.4 is 11.3 Å². The Morgan fingerprint density at radius 2 is 2.14 bits per heavy atom. The molecule has 0 aromatic rings. The fourth-order valence-electron chi connectivity index (χ4n) is 0.334. The molecule has 0 bridgehead atoms. The lowest BCUT2D eigenvalue weighted by molar-refractivity contribution is 0.963. The van der Waals surface area contributed by atoms with Gasteiger partial charge in [0, 0.05) is 6.20 Å². The first-order valence-electron chi connectivity index (χ1n) is 2.07. The molecule has 0 heterocycles. The number of halogens is 1. The molecule has 0 amide bonds. The van der Waals surface area contributed by atoms with Crippen LogP contribution in [0.15, 0.2) is 11.8 Å². The van der Waals surface area contributed by atoms with E-state index in [9.17, 15) is 0 Å². The highest BCUT2D eigenvalue weighted by atomic mass is 35.5. The molecule has 3 N–H and O–H groups in total. The molecule has 0 spiro atoms. The van der Waals surface area contributed by atoms with Crippen LogP contribution in [-0.2, 0) is 0 Å². The molecule has 1 aliphatic carbocycles. The first kappa shape index (κ1) is 6.79. The van der Waals surface area contributed by atoms with Crippen molar-refractivity contribution >= 4 is 12.4 Å². The van der Waals surface area contributed by atoms with Gasteiger partial charge in [0.15, 0.2) is 0 Å². The lowest BCUT2D eigenvalue weighted by Crippen LogP contribution is -2.12. The monoisotopic (exact) mass is 120 g/mol. The Morgan fingerprint density at radius 3 is 2.29 bits per heavy atom. The quantitative estimate of drug-likeness (QED) is 0.392. The van der Waals surface area contributed by atoms with Gasteiger partial charge >= 0.3 is 0 Å². The minimum absolute atomic E-state index is 0. The molecule has 3 heteroatoms. The van der Waals surface area contributed by atoms with E-state index in [1.165, 1.54) is 18.4 Å². The van der Waals surface area contributed by atoms with Crippen LogP contribution >= 0.6 is 12.4 Å². The Balaban J connectivity index is 0.000000360. The maximum atomic E-state index is 4.94. The summed E-state index contributed by atoms with van der Waals surface area (Å²) >= 11 is 0. The summed E-state index contributed by atoms with van der Waals surface area (Å²) in [4.78, 5) is 0. The molecule has 0 aliphatic heterocycles. The van der Waals surface area contributed by atoms with Gasteiger partial charge in [0.2, 0.25) is 0 Å². The summed E-state index contributed by atoms with van der Waals surface area (Å²) in [5.74, 6) is 4.94. The predicted molar refractivity (Wildman–Crippen MR) is 31.9 cm³/mol. The molecule has 0 aromatic carbocycles. The zero-order chi connectivity index (χ0) is 4.41. The van der Waals surface area contributed by atoms with E-state index in [-0.39, 0.29) is 12.4 Å². The second-order valence-corrected chi connectivity index (χ2v) is 1.47. The summed E-state index contributed by atoms with van der Waals surface area (Å²) in [5, 5.41) is 0. The molecule has 1 rings (SSSR count). The van der Waals surface area contributed by atoms with Gasteiger partial charge in [0.25, 0.3) is 0 Å². The van der Waals surface area contributed by atoms with Crippen molar-refractivity contribution in [2.45, 2.75) is 12.8 Å². The average Bonchev–Trinajstić information content (AvgIpc) is 2.21. The number of hydrogen-bond donors (Lipinski definition) is 2. The number of allylic oxidation sites excluding steroid dienone is 1. The highest BCUT2D eigenvalue weighted by molar-refractivity contribution is 5.85. The Bertz CT molecular complexity index is 73.8. The molecule has 1 fully saturated rings. The summed E-state index contributed by atoms with van der Waals surface area (Å²) in [6.45, 7) is 0. The summed E-state index contributed by atoms with van der Waals surface area (Å²) in [5.41, 5.74) is 3.90. The van der Waals surface area contributed by atoms with Crippen molar-refractivity contribution in [1.29, 1.82) is 0 Å². The third-order valence-corrected chi connectivity index (χ3v) is 0.826. The number of hydrazine groups is 1. The van der Waals surface area contributed by atoms with Crippen molar-refractivity contribution in [2.24, 2.45) is 5.84 Å². The molecule has 0 saturated heterocycles. The van der Waals surface area contributed by atoms with Crippen molar-refractivity contribution in [3.63, 3.8) is 0 Å². The van der Waals surface area contributed by atoms with Gasteiger partial charge in [-0.15, -0.1) is 12.4 Å². The fourth-order valence-corrected chi connectivity index (χ4v) is 0.334. The molecule has 2 nitrogen and oxygen atoms in total. The Labute approximate surface area is 49.2 Å². The SMILES string of the molecule is Cl.NNC=C1CC1. The van der Waals surface area contributed by atoms with Crippen LogP contribution in [0.3, 0.4) is 0 Å². The maximum absolute atomic E-state index is 4.94. The van der Waals surface area contributed by atoms with Gasteiger partial charge in [-0.2, -0.15) is 0 Å². The second kappa shape index (κ2) is 2.88. The molecule has 0 unspecified atom stereocenters. The molecular weight excluding hydrogens is 112 g/mol. The van der Waals surface area contributed by atoms with Crippen molar-refractivity contribution in [3.05, 3.63) is 11.8 Å². The van der Waals surface area contributed by atoms with Crippen LogP contribution in [0.2, 0.25) is 0 Å². The van der Waals surface area contributed by atoms with E-state index in [1.54, 1.807) is 0 Å². The molecule has 0 aromatic heterocycles. The fraction of sp³-hybridized carbons (Fsp3) is 0.500. The van der Waals surface area contributed by atoms with Crippen LogP contribution in [0.4, 0.5) is 0 Å². The highest BCUT2D eigenvalue weighted by Gasteiger charge is 2.08. The van der Waals surface area contributed by atoms with E-state index in [0.717, 1.165) is 0 Å². The van der Waals surface area contributed by atoms with Crippen molar-refractivity contribution in [3.8, 4) is 0 Å². The van der Waals surface area contributed by atoms with E-state index in [1.807, 2.05) is 6.20 Å². The van der Waals surface area contributed by atoms with Crippen LogP contribution in [0.25, 0.3) is 0 Å². The van der Waals surface area contributed by atoms with Crippen molar-refractivity contribution in [1.82, 2.24) is 5.43 Å². The van der Waals surface area contributed by atoms with Gasteiger partial charge in [-0.05, 0) is 12.8 Å². The third kappa shape index (κ3) is 2.48. The van der Waals surface area contributed by atoms with E-state index < -0.39 is 0 Å². The molecule has 1 aliphatic rings. The second-order valence-electron chi connectivity index (χ2n) is 1.47. The van der Waals surface area contributed by atoms with Gasteiger partial charge in [0.1, 0.15) is 0 Å². The van der Waals surface area contributed by atoms with Gasteiger partial charge < -0.3 is 5.43 Å². The van der Waals surface area contributed by atoms with Crippen LogP contribution in [0.1, 0.15) is 12.8 Å². The zero-order valence-corrected chi connectivity index (χ0v) is 4.79. The van der Waals surface area contributed by atoms with Gasteiger partial charge in [-0.25, -0.2) is 0 Å². The maximum Gasteiger partial charge on any atom is 0.0115 e. The molecule has 7 heavy (non-hydrogen) atoms. The number of nitrogens with one attached hydrogen (secondary N) is 1. The molecule has 0 atom stereocenters. The van der Waals surface area contributed by atoms with Gasteiger partial charge in [-0.3, -0.25) is 5.84 Å².